The van der Waals surface area contributed by atoms with Crippen LogP contribution < -0.4 is 4.90 Å². The molecule has 1 N–H and O–H groups in total. The Morgan fingerprint density at radius 3 is 2.90 bits per heavy atom. The normalized spacial score (nSPS) is 11.0. The Kier molecular flexibility index (Phi) is 3.57. The van der Waals surface area contributed by atoms with Crippen molar-refractivity contribution < 1.29 is 14.3 Å². The van der Waals surface area contributed by atoms with Gasteiger partial charge in [0, 0.05) is 11.9 Å². The Morgan fingerprint density at radius 1 is 1.43 bits per heavy atom. The smallest absolute Gasteiger partial charge is 0.335 e. The molecule has 0 amide bonds. The maximum absolute atomic E-state index is 10.9. The van der Waals surface area contributed by atoms with Gasteiger partial charge in [0.25, 0.3) is 6.01 Å². The summed E-state index contributed by atoms with van der Waals surface area (Å²) in [4.78, 5) is 18.2. The number of aromatic nitrogens is 1. The molecule has 0 atom stereocenters. The molecule has 21 heavy (non-hydrogen) atoms. The summed E-state index contributed by atoms with van der Waals surface area (Å²) in [7, 11) is 1.86. The lowest BCUT2D eigenvalue weighted by Crippen LogP contribution is -2.15. The molecule has 1 aromatic carbocycles. The average Bonchev–Trinajstić information content (AvgIpc) is 3.03. The number of fused-ring (bicyclic) bond motifs is 1. The predicted octanol–water partition coefficient (Wildman–Crippen LogP) is 3.88. The third kappa shape index (κ3) is 2.86. The zero-order valence-electron chi connectivity index (χ0n) is 11.0. The maximum Gasteiger partial charge on any atom is 0.335 e. The summed E-state index contributed by atoms with van der Waals surface area (Å²) in [6, 6.07) is 8.87. The lowest BCUT2D eigenvalue weighted by molar-refractivity contribution is 0.0697. The van der Waals surface area contributed by atoms with Crippen molar-refractivity contribution in [1.29, 1.82) is 0 Å². The molecule has 0 saturated carbocycles. The minimum absolute atomic E-state index is 0.179. The predicted molar refractivity (Wildman–Crippen MR) is 82.4 cm³/mol. The Hall–Kier alpha value is -2.05. The molecule has 0 saturated heterocycles. The van der Waals surface area contributed by atoms with Gasteiger partial charge in [-0.05, 0) is 30.3 Å². The van der Waals surface area contributed by atoms with E-state index in [0.29, 0.717) is 23.7 Å². The van der Waals surface area contributed by atoms with E-state index >= 15 is 0 Å². The SMILES string of the molecule is CN(Cc1ccc(Cl)s1)c1nc2ccc(C(=O)O)cc2o1. The fraction of sp³-hybridized carbons (Fsp3) is 0.143. The van der Waals surface area contributed by atoms with Crippen LogP contribution in [0, 0.1) is 0 Å². The number of carboxylic acid groups (broad SMARTS) is 1. The van der Waals surface area contributed by atoms with E-state index in [4.69, 9.17) is 21.1 Å². The number of halogens is 1. The second-order valence-corrected chi connectivity index (χ2v) is 6.35. The van der Waals surface area contributed by atoms with Crippen LogP contribution in [0.5, 0.6) is 0 Å². The van der Waals surface area contributed by atoms with Crippen molar-refractivity contribution in [3.8, 4) is 0 Å². The highest BCUT2D eigenvalue weighted by Crippen LogP contribution is 2.26. The Morgan fingerprint density at radius 2 is 2.24 bits per heavy atom. The van der Waals surface area contributed by atoms with Crippen LogP contribution in [-0.4, -0.2) is 23.1 Å². The fourth-order valence-corrected chi connectivity index (χ4v) is 3.09. The minimum atomic E-state index is -0.989. The number of rotatable bonds is 4. The van der Waals surface area contributed by atoms with Crippen molar-refractivity contribution >= 4 is 46.0 Å². The van der Waals surface area contributed by atoms with Crippen molar-refractivity contribution in [2.45, 2.75) is 6.54 Å². The van der Waals surface area contributed by atoms with Crippen LogP contribution >= 0.6 is 22.9 Å². The number of hydrogen-bond acceptors (Lipinski definition) is 5. The number of benzene rings is 1. The quantitative estimate of drug-likeness (QED) is 0.789. The largest absolute Gasteiger partial charge is 0.478 e. The van der Waals surface area contributed by atoms with E-state index in [1.807, 2.05) is 24.1 Å². The van der Waals surface area contributed by atoms with Crippen LogP contribution in [-0.2, 0) is 6.54 Å². The summed E-state index contributed by atoms with van der Waals surface area (Å²) in [5, 5.41) is 8.97. The lowest BCUT2D eigenvalue weighted by Gasteiger charge is -2.12. The van der Waals surface area contributed by atoms with E-state index in [1.165, 1.54) is 23.5 Å². The summed E-state index contributed by atoms with van der Waals surface area (Å²) < 4.78 is 6.36. The van der Waals surface area contributed by atoms with E-state index in [2.05, 4.69) is 4.98 Å². The van der Waals surface area contributed by atoms with Gasteiger partial charge < -0.3 is 14.4 Å². The molecule has 0 aliphatic rings. The molecule has 3 rings (SSSR count). The van der Waals surface area contributed by atoms with Gasteiger partial charge in [0.1, 0.15) is 5.52 Å². The number of carbonyl (C=O) groups is 1. The van der Waals surface area contributed by atoms with Gasteiger partial charge in [0.2, 0.25) is 0 Å². The van der Waals surface area contributed by atoms with Crippen LogP contribution in [0.25, 0.3) is 11.1 Å². The van der Waals surface area contributed by atoms with Gasteiger partial charge in [-0.15, -0.1) is 11.3 Å². The first-order valence-electron chi connectivity index (χ1n) is 6.12. The number of carboxylic acids is 1. The molecule has 0 fully saturated rings. The molecule has 2 heterocycles. The van der Waals surface area contributed by atoms with Crippen molar-refractivity contribution in [3.05, 3.63) is 45.1 Å². The topological polar surface area (TPSA) is 66.6 Å². The van der Waals surface area contributed by atoms with Gasteiger partial charge in [-0.1, -0.05) is 11.6 Å². The van der Waals surface area contributed by atoms with Crippen LogP contribution in [0.15, 0.2) is 34.7 Å². The van der Waals surface area contributed by atoms with Crippen LogP contribution in [0.4, 0.5) is 6.01 Å². The van der Waals surface area contributed by atoms with Gasteiger partial charge in [0.05, 0.1) is 16.4 Å². The molecule has 5 nitrogen and oxygen atoms in total. The summed E-state index contributed by atoms with van der Waals surface area (Å²) in [5.74, 6) is -0.989. The van der Waals surface area contributed by atoms with Gasteiger partial charge >= 0.3 is 5.97 Å². The monoisotopic (exact) mass is 322 g/mol. The van der Waals surface area contributed by atoms with Gasteiger partial charge in [-0.25, -0.2) is 4.79 Å². The third-order valence-corrected chi connectivity index (χ3v) is 4.19. The standard InChI is InChI=1S/C14H11ClN2O3S/c1-17(7-9-3-5-12(15)21-9)14-16-10-4-2-8(13(18)19)6-11(10)20-14/h2-6H,7H2,1H3,(H,18,19). The highest BCUT2D eigenvalue weighted by molar-refractivity contribution is 7.16. The molecule has 0 spiro atoms. The highest BCUT2D eigenvalue weighted by Gasteiger charge is 2.13. The van der Waals surface area contributed by atoms with Gasteiger partial charge in [-0.2, -0.15) is 4.98 Å². The second kappa shape index (κ2) is 5.38. The molecule has 3 aromatic rings. The van der Waals surface area contributed by atoms with E-state index in [0.717, 1.165) is 9.21 Å². The first kappa shape index (κ1) is 13.9. The van der Waals surface area contributed by atoms with Crippen LogP contribution in [0.1, 0.15) is 15.2 Å². The van der Waals surface area contributed by atoms with Gasteiger partial charge in [0.15, 0.2) is 5.58 Å². The molecule has 0 bridgehead atoms. The fourth-order valence-electron chi connectivity index (χ4n) is 1.95. The Balaban J connectivity index is 1.87. The van der Waals surface area contributed by atoms with Crippen molar-refractivity contribution in [2.75, 3.05) is 11.9 Å². The number of aromatic carboxylic acids is 1. The summed E-state index contributed by atoms with van der Waals surface area (Å²) in [6.07, 6.45) is 0. The first-order chi connectivity index (χ1) is 10.0. The molecule has 0 unspecified atom stereocenters. The molecule has 2 aromatic heterocycles. The summed E-state index contributed by atoms with van der Waals surface area (Å²) in [6.45, 7) is 0.621. The molecule has 0 aliphatic carbocycles. The van der Waals surface area contributed by atoms with E-state index in [-0.39, 0.29) is 5.56 Å². The zero-order valence-corrected chi connectivity index (χ0v) is 12.6. The molecule has 0 radical (unpaired) electrons. The van der Waals surface area contributed by atoms with Crippen molar-refractivity contribution in [1.82, 2.24) is 4.98 Å². The average molecular weight is 323 g/mol. The van der Waals surface area contributed by atoms with Crippen molar-refractivity contribution in [2.24, 2.45) is 0 Å². The van der Waals surface area contributed by atoms with E-state index < -0.39 is 5.97 Å². The van der Waals surface area contributed by atoms with E-state index in [1.54, 1.807) is 6.07 Å². The second-order valence-electron chi connectivity index (χ2n) is 4.55. The number of hydrogen-bond donors (Lipinski definition) is 1. The number of thiophene rings is 1. The molecule has 7 heteroatoms. The minimum Gasteiger partial charge on any atom is -0.478 e. The maximum atomic E-state index is 10.9. The number of anilines is 1. The van der Waals surface area contributed by atoms with Gasteiger partial charge in [-0.3, -0.25) is 0 Å². The molecule has 108 valence electrons. The van der Waals surface area contributed by atoms with Crippen molar-refractivity contribution in [3.63, 3.8) is 0 Å². The zero-order chi connectivity index (χ0) is 15.0. The molecular formula is C14H11ClN2O3S. The van der Waals surface area contributed by atoms with E-state index in [9.17, 15) is 4.79 Å². The summed E-state index contributed by atoms with van der Waals surface area (Å²) in [5.41, 5.74) is 1.27. The first-order valence-corrected chi connectivity index (χ1v) is 7.31. The third-order valence-electron chi connectivity index (χ3n) is 2.97. The van der Waals surface area contributed by atoms with Crippen LogP contribution in [0.3, 0.4) is 0 Å². The Labute approximate surface area is 129 Å². The number of oxazole rings is 1. The number of nitrogens with zero attached hydrogens (tertiary/aromatic N) is 2. The lowest BCUT2D eigenvalue weighted by atomic mass is 10.2. The van der Waals surface area contributed by atoms with Crippen LogP contribution in [0.2, 0.25) is 4.34 Å². The Bertz CT molecular complexity index is 812. The molecular weight excluding hydrogens is 312 g/mol. The molecule has 0 aliphatic heterocycles. The summed E-state index contributed by atoms with van der Waals surface area (Å²) >= 11 is 7.41. The highest BCUT2D eigenvalue weighted by atomic mass is 35.5.